The number of ether oxygens (including phenoxy) is 1. The van der Waals surface area contributed by atoms with Gasteiger partial charge in [0.2, 0.25) is 0 Å². The van der Waals surface area contributed by atoms with Gasteiger partial charge < -0.3 is 30.1 Å². The molecule has 13 heteroatoms. The fourth-order valence-corrected chi connectivity index (χ4v) is 4.02. The summed E-state index contributed by atoms with van der Waals surface area (Å²) in [5.41, 5.74) is 0.915. The maximum atomic E-state index is 10.9. The quantitative estimate of drug-likeness (QED) is 0.399. The minimum Gasteiger partial charge on any atom is -0.387 e. The second-order valence-electron chi connectivity index (χ2n) is 7.00. The monoisotopic (exact) mass is 415 g/mol. The summed E-state index contributed by atoms with van der Waals surface area (Å²) in [6.45, 7) is -0.574. The number of aromatic nitrogens is 4. The van der Waals surface area contributed by atoms with Gasteiger partial charge in [0.05, 0.1) is 12.9 Å². The molecule has 1 aliphatic heterocycles. The Hall–Kier alpha value is -1.66. The second kappa shape index (κ2) is 7.64. The molecule has 2 aromatic heterocycles. The van der Waals surface area contributed by atoms with Gasteiger partial charge >= 0.3 is 7.82 Å². The van der Waals surface area contributed by atoms with E-state index in [-0.39, 0.29) is 0 Å². The topological polar surface area (TPSA) is 172 Å². The standard InChI is InChI=1S/C15H22N5O7P/c21-11-9(5-26-28(23,24)25)27-15(12(11)22)20-7-18-10-13(16-6-17-14(10)20)19-8-3-1-2-4-8/h6-9,11-12,15,21-22H,1-5H2,(H,16,17,19)(H2,23,24,25)/t9-,11?,12?,15-/m1/s1. The van der Waals surface area contributed by atoms with Crippen LogP contribution in [0, 0.1) is 0 Å². The summed E-state index contributed by atoms with van der Waals surface area (Å²) in [5, 5.41) is 23.9. The molecular weight excluding hydrogens is 393 g/mol. The first-order valence-corrected chi connectivity index (χ1v) is 10.5. The number of anilines is 1. The number of nitrogens with zero attached hydrogens (tertiary/aromatic N) is 4. The summed E-state index contributed by atoms with van der Waals surface area (Å²) in [6, 6.07) is 0.326. The van der Waals surface area contributed by atoms with Crippen molar-refractivity contribution in [3.63, 3.8) is 0 Å². The number of phosphoric acid groups is 1. The molecule has 0 amide bonds. The number of aliphatic hydroxyl groups excluding tert-OH is 2. The highest BCUT2D eigenvalue weighted by Crippen LogP contribution is 2.39. The lowest BCUT2D eigenvalue weighted by atomic mass is 10.1. The van der Waals surface area contributed by atoms with Crippen molar-refractivity contribution in [1.29, 1.82) is 0 Å². The summed E-state index contributed by atoms with van der Waals surface area (Å²) in [4.78, 5) is 30.4. The third-order valence-electron chi connectivity index (χ3n) is 5.07. The number of hydrogen-bond donors (Lipinski definition) is 5. The number of hydrogen-bond acceptors (Lipinski definition) is 9. The van der Waals surface area contributed by atoms with Crippen molar-refractivity contribution in [1.82, 2.24) is 19.5 Å². The lowest BCUT2D eigenvalue weighted by Gasteiger charge is -2.17. The number of nitrogens with one attached hydrogen (secondary N) is 1. The van der Waals surface area contributed by atoms with Crippen molar-refractivity contribution in [2.45, 2.75) is 56.3 Å². The highest BCUT2D eigenvalue weighted by Gasteiger charge is 2.45. The SMILES string of the molecule is O=P(O)(O)OC[C@H]1O[C@@H](n2cnc3c(NC4CCCC4)ncnc32)C(O)C1O. The number of rotatable bonds is 6. The van der Waals surface area contributed by atoms with Crippen LogP contribution in [-0.2, 0) is 13.8 Å². The maximum absolute atomic E-state index is 10.9. The molecule has 2 unspecified atom stereocenters. The molecule has 2 aliphatic rings. The van der Waals surface area contributed by atoms with Crippen molar-refractivity contribution in [2.75, 3.05) is 11.9 Å². The zero-order valence-electron chi connectivity index (χ0n) is 14.8. The van der Waals surface area contributed by atoms with Crippen LogP contribution in [0.2, 0.25) is 0 Å². The number of aliphatic hydroxyl groups is 2. The van der Waals surface area contributed by atoms with Gasteiger partial charge in [0.1, 0.15) is 24.6 Å². The largest absolute Gasteiger partial charge is 0.469 e. The van der Waals surface area contributed by atoms with Crippen LogP contribution in [0.25, 0.3) is 11.2 Å². The molecule has 2 fully saturated rings. The smallest absolute Gasteiger partial charge is 0.387 e. The van der Waals surface area contributed by atoms with Gasteiger partial charge in [-0.2, -0.15) is 0 Å². The Bertz CT molecular complexity index is 883. The van der Waals surface area contributed by atoms with Crippen LogP contribution in [0.5, 0.6) is 0 Å². The van der Waals surface area contributed by atoms with Crippen LogP contribution in [0.1, 0.15) is 31.9 Å². The van der Waals surface area contributed by atoms with E-state index in [0.717, 1.165) is 12.8 Å². The first-order valence-electron chi connectivity index (χ1n) is 8.99. The molecule has 3 heterocycles. The van der Waals surface area contributed by atoms with E-state index >= 15 is 0 Å². The van der Waals surface area contributed by atoms with Gasteiger partial charge in [0.25, 0.3) is 0 Å². The third-order valence-corrected chi connectivity index (χ3v) is 5.56. The molecule has 0 aromatic carbocycles. The number of imidazole rings is 1. The predicted molar refractivity (Wildman–Crippen MR) is 95.1 cm³/mol. The van der Waals surface area contributed by atoms with E-state index in [1.54, 1.807) is 0 Å². The molecule has 0 bridgehead atoms. The minimum atomic E-state index is -4.73. The number of fused-ring (bicyclic) bond motifs is 1. The summed E-state index contributed by atoms with van der Waals surface area (Å²) < 4.78 is 22.3. The highest BCUT2D eigenvalue weighted by atomic mass is 31.2. The lowest BCUT2D eigenvalue weighted by Crippen LogP contribution is -2.33. The zero-order chi connectivity index (χ0) is 19.9. The molecule has 4 atom stereocenters. The van der Waals surface area contributed by atoms with Crippen molar-refractivity contribution in [3.8, 4) is 0 Å². The second-order valence-corrected chi connectivity index (χ2v) is 8.24. The van der Waals surface area contributed by atoms with Gasteiger partial charge in [0.15, 0.2) is 23.2 Å². The molecule has 2 aromatic rings. The van der Waals surface area contributed by atoms with Crippen LogP contribution in [0.3, 0.4) is 0 Å². The van der Waals surface area contributed by atoms with E-state index < -0.39 is 39.0 Å². The molecule has 4 rings (SSSR count). The molecule has 0 radical (unpaired) electrons. The molecule has 154 valence electrons. The van der Waals surface area contributed by atoms with E-state index in [0.29, 0.717) is 23.0 Å². The first kappa shape index (κ1) is 19.6. The predicted octanol–water partition coefficient (Wildman–Crippen LogP) is -0.0907. The molecule has 1 aliphatic carbocycles. The summed E-state index contributed by atoms with van der Waals surface area (Å²) >= 11 is 0. The van der Waals surface area contributed by atoms with Crippen LogP contribution in [0.15, 0.2) is 12.7 Å². The Labute approximate surface area is 159 Å². The van der Waals surface area contributed by atoms with Crippen LogP contribution in [-0.4, -0.2) is 70.5 Å². The van der Waals surface area contributed by atoms with Gasteiger partial charge in [0, 0.05) is 6.04 Å². The fraction of sp³-hybridized carbons (Fsp3) is 0.667. The third kappa shape index (κ3) is 3.90. The Balaban J connectivity index is 1.56. The Morgan fingerprint density at radius 1 is 1.21 bits per heavy atom. The Kier molecular flexibility index (Phi) is 5.36. The van der Waals surface area contributed by atoms with Crippen LogP contribution in [0.4, 0.5) is 5.82 Å². The molecule has 1 saturated heterocycles. The van der Waals surface area contributed by atoms with Gasteiger partial charge in [-0.25, -0.2) is 19.5 Å². The molecular formula is C15H22N5O7P. The Morgan fingerprint density at radius 2 is 1.96 bits per heavy atom. The van der Waals surface area contributed by atoms with E-state index in [4.69, 9.17) is 14.5 Å². The average molecular weight is 415 g/mol. The molecule has 5 N–H and O–H groups in total. The van der Waals surface area contributed by atoms with Crippen molar-refractivity contribution in [3.05, 3.63) is 12.7 Å². The van der Waals surface area contributed by atoms with Gasteiger partial charge in [-0.15, -0.1) is 0 Å². The number of phosphoric ester groups is 1. The Morgan fingerprint density at radius 3 is 2.68 bits per heavy atom. The molecule has 1 saturated carbocycles. The van der Waals surface area contributed by atoms with Gasteiger partial charge in [-0.05, 0) is 12.8 Å². The van der Waals surface area contributed by atoms with Crippen molar-refractivity contribution < 1.29 is 33.8 Å². The zero-order valence-corrected chi connectivity index (χ0v) is 15.7. The van der Waals surface area contributed by atoms with Gasteiger partial charge in [-0.3, -0.25) is 9.09 Å². The summed E-state index contributed by atoms with van der Waals surface area (Å²) in [6.07, 6.45) is 2.33. The van der Waals surface area contributed by atoms with E-state index in [2.05, 4.69) is 24.8 Å². The van der Waals surface area contributed by atoms with Crippen LogP contribution >= 0.6 is 7.82 Å². The maximum Gasteiger partial charge on any atom is 0.469 e. The fourth-order valence-electron chi connectivity index (χ4n) is 3.67. The van der Waals surface area contributed by atoms with Crippen molar-refractivity contribution >= 4 is 24.8 Å². The molecule has 28 heavy (non-hydrogen) atoms. The van der Waals surface area contributed by atoms with E-state index in [1.807, 2.05) is 0 Å². The van der Waals surface area contributed by atoms with Crippen molar-refractivity contribution in [2.24, 2.45) is 0 Å². The first-order chi connectivity index (χ1) is 13.3. The average Bonchev–Trinajstić information content (AvgIpc) is 3.35. The lowest BCUT2D eigenvalue weighted by molar-refractivity contribution is -0.0504. The summed E-state index contributed by atoms with van der Waals surface area (Å²) in [5.74, 6) is 0.588. The minimum absolute atomic E-state index is 0.326. The highest BCUT2D eigenvalue weighted by molar-refractivity contribution is 7.46. The van der Waals surface area contributed by atoms with Gasteiger partial charge in [-0.1, -0.05) is 12.8 Å². The van der Waals surface area contributed by atoms with E-state index in [1.165, 1.54) is 30.1 Å². The van der Waals surface area contributed by atoms with E-state index in [9.17, 15) is 14.8 Å². The molecule has 0 spiro atoms. The molecule has 12 nitrogen and oxygen atoms in total. The van der Waals surface area contributed by atoms with Crippen LogP contribution < -0.4 is 5.32 Å². The summed E-state index contributed by atoms with van der Waals surface area (Å²) in [7, 11) is -4.73. The normalized spacial score (nSPS) is 29.0.